The summed E-state index contributed by atoms with van der Waals surface area (Å²) in [5, 5.41) is 15.0. The van der Waals surface area contributed by atoms with Gasteiger partial charge < -0.3 is 20.5 Å². The van der Waals surface area contributed by atoms with Gasteiger partial charge >= 0.3 is 0 Å². The summed E-state index contributed by atoms with van der Waals surface area (Å²) in [7, 11) is 1.49. The fourth-order valence-electron chi connectivity index (χ4n) is 3.50. The summed E-state index contributed by atoms with van der Waals surface area (Å²) in [6.07, 6.45) is 1.38. The van der Waals surface area contributed by atoms with Gasteiger partial charge in [-0.3, -0.25) is 0 Å². The van der Waals surface area contributed by atoms with Crippen LogP contribution in [0.3, 0.4) is 0 Å². The van der Waals surface area contributed by atoms with Crippen LogP contribution in [0.5, 0.6) is 5.75 Å². The number of anilines is 1. The Labute approximate surface area is 170 Å². The molecule has 0 amide bonds. The van der Waals surface area contributed by atoms with Crippen LogP contribution in [0, 0.1) is 0 Å². The molecule has 0 radical (unpaired) electrons. The van der Waals surface area contributed by atoms with Gasteiger partial charge in [-0.2, -0.15) is 0 Å². The maximum absolute atomic E-state index is 13.7. The van der Waals surface area contributed by atoms with E-state index < -0.39 is 18.4 Å². The van der Waals surface area contributed by atoms with Crippen molar-refractivity contribution in [3.05, 3.63) is 30.0 Å². The summed E-state index contributed by atoms with van der Waals surface area (Å²) in [5.41, 5.74) is 7.27. The predicted molar refractivity (Wildman–Crippen MR) is 108 cm³/mol. The minimum atomic E-state index is -1.68. The second-order valence-corrected chi connectivity index (χ2v) is 8.25. The number of alkyl halides is 2. The van der Waals surface area contributed by atoms with Gasteiger partial charge in [0, 0.05) is 24.2 Å². The molecule has 0 aliphatic carbocycles. The molecule has 0 saturated carbocycles. The van der Waals surface area contributed by atoms with E-state index in [1.165, 1.54) is 24.5 Å². The van der Waals surface area contributed by atoms with Crippen LogP contribution in [0.2, 0.25) is 0 Å². The molecule has 1 aliphatic rings. The smallest absolute Gasteiger partial charge is 0.214 e. The molecule has 0 bridgehead atoms. The van der Waals surface area contributed by atoms with E-state index in [9.17, 15) is 13.9 Å². The standard InChI is InChI=1S/C19H23F2N5O2S/c1-28-16-8-12(14(21)9-20)2-3-13(16)15-10-23-17-26(15)24-18(29-17)25-6-4-19(22,11-27)5-7-25/h2-3,8,10,14,27H,4-7,9,11,22H2,1H3. The maximum atomic E-state index is 13.7. The number of aromatic nitrogens is 3. The number of halogens is 2. The molecule has 7 nitrogen and oxygen atoms in total. The van der Waals surface area contributed by atoms with Crippen molar-refractivity contribution in [3.63, 3.8) is 0 Å². The number of hydrogen-bond acceptors (Lipinski definition) is 7. The second kappa shape index (κ2) is 7.85. The van der Waals surface area contributed by atoms with Crippen LogP contribution in [0.15, 0.2) is 24.4 Å². The Morgan fingerprint density at radius 1 is 1.38 bits per heavy atom. The Kier molecular flexibility index (Phi) is 5.41. The number of fused-ring (bicyclic) bond motifs is 1. The number of benzene rings is 1. The van der Waals surface area contributed by atoms with E-state index in [1.54, 1.807) is 22.8 Å². The molecule has 1 atom stereocenters. The summed E-state index contributed by atoms with van der Waals surface area (Å²) in [5.74, 6) is 0.434. The normalized spacial score (nSPS) is 17.6. The van der Waals surface area contributed by atoms with E-state index in [0.29, 0.717) is 42.9 Å². The van der Waals surface area contributed by atoms with Crippen LogP contribution < -0.4 is 15.4 Å². The van der Waals surface area contributed by atoms with Gasteiger partial charge in [-0.25, -0.2) is 18.3 Å². The summed E-state index contributed by atoms with van der Waals surface area (Å²) in [6.45, 7) is 0.319. The summed E-state index contributed by atoms with van der Waals surface area (Å²) in [6, 6.07) is 4.76. The summed E-state index contributed by atoms with van der Waals surface area (Å²) < 4.78 is 33.5. The molecule has 3 heterocycles. The zero-order valence-electron chi connectivity index (χ0n) is 16.0. The van der Waals surface area contributed by atoms with Crippen molar-refractivity contribution < 1.29 is 18.6 Å². The molecule has 2 aromatic heterocycles. The molecule has 29 heavy (non-hydrogen) atoms. The molecule has 1 aliphatic heterocycles. The zero-order chi connectivity index (χ0) is 20.6. The van der Waals surface area contributed by atoms with Gasteiger partial charge in [-0.1, -0.05) is 17.4 Å². The van der Waals surface area contributed by atoms with Crippen molar-refractivity contribution in [2.45, 2.75) is 24.6 Å². The van der Waals surface area contributed by atoms with Crippen LogP contribution in [0.4, 0.5) is 13.9 Å². The molecule has 1 saturated heterocycles. The quantitative estimate of drug-likeness (QED) is 0.634. The summed E-state index contributed by atoms with van der Waals surface area (Å²) >= 11 is 1.47. The van der Waals surface area contributed by atoms with E-state index >= 15 is 0 Å². The van der Waals surface area contributed by atoms with Crippen molar-refractivity contribution >= 4 is 21.4 Å². The number of hydrogen-bond donors (Lipinski definition) is 2. The molecule has 1 fully saturated rings. The predicted octanol–water partition coefficient (Wildman–Crippen LogP) is 2.74. The minimum Gasteiger partial charge on any atom is -0.496 e. The van der Waals surface area contributed by atoms with Crippen LogP contribution >= 0.6 is 11.3 Å². The highest BCUT2D eigenvalue weighted by atomic mass is 32.1. The third kappa shape index (κ3) is 3.67. The average molecular weight is 423 g/mol. The van der Waals surface area contributed by atoms with Gasteiger partial charge in [0.25, 0.3) is 0 Å². The highest BCUT2D eigenvalue weighted by molar-refractivity contribution is 7.20. The maximum Gasteiger partial charge on any atom is 0.214 e. The van der Waals surface area contributed by atoms with Crippen molar-refractivity contribution in [1.29, 1.82) is 0 Å². The van der Waals surface area contributed by atoms with Crippen molar-refractivity contribution in [1.82, 2.24) is 14.6 Å². The Morgan fingerprint density at radius 2 is 2.14 bits per heavy atom. The number of ether oxygens (including phenoxy) is 1. The lowest BCUT2D eigenvalue weighted by atomic mass is 9.90. The molecular formula is C19H23F2N5O2S. The Morgan fingerprint density at radius 3 is 2.79 bits per heavy atom. The second-order valence-electron chi connectivity index (χ2n) is 7.31. The molecule has 3 aromatic rings. The Bertz CT molecular complexity index is 1000. The first kappa shape index (κ1) is 20.0. The van der Waals surface area contributed by atoms with E-state index in [1.807, 2.05) is 0 Å². The third-order valence-electron chi connectivity index (χ3n) is 5.42. The number of piperidine rings is 1. The number of nitrogens with zero attached hydrogens (tertiary/aromatic N) is 4. The number of rotatable bonds is 6. The first-order chi connectivity index (χ1) is 14.0. The van der Waals surface area contributed by atoms with Gasteiger partial charge in [-0.05, 0) is 30.5 Å². The van der Waals surface area contributed by atoms with Crippen molar-refractivity contribution in [2.75, 3.05) is 38.4 Å². The SMILES string of the molecule is COc1cc(C(F)CF)ccc1-c1cnc2sc(N3CCC(N)(CO)CC3)nn12. The van der Waals surface area contributed by atoms with Gasteiger partial charge in [0.2, 0.25) is 10.1 Å². The zero-order valence-corrected chi connectivity index (χ0v) is 16.8. The van der Waals surface area contributed by atoms with E-state index in [2.05, 4.69) is 9.88 Å². The third-order valence-corrected chi connectivity index (χ3v) is 6.40. The molecule has 1 unspecified atom stereocenters. The fourth-order valence-corrected chi connectivity index (χ4v) is 4.43. The first-order valence-electron chi connectivity index (χ1n) is 9.35. The Balaban J connectivity index is 1.65. The fraction of sp³-hybridized carbons (Fsp3) is 0.474. The van der Waals surface area contributed by atoms with E-state index in [4.69, 9.17) is 15.6 Å². The minimum absolute atomic E-state index is 0.0237. The van der Waals surface area contributed by atoms with Crippen LogP contribution in [0.1, 0.15) is 24.6 Å². The Hall–Kier alpha value is -2.30. The lowest BCUT2D eigenvalue weighted by Gasteiger charge is -2.37. The lowest BCUT2D eigenvalue weighted by molar-refractivity contribution is 0.170. The van der Waals surface area contributed by atoms with Crippen molar-refractivity contribution in [2.24, 2.45) is 5.73 Å². The summed E-state index contributed by atoms with van der Waals surface area (Å²) in [4.78, 5) is 7.30. The molecule has 1 aromatic carbocycles. The number of aliphatic hydroxyl groups is 1. The van der Waals surface area contributed by atoms with Crippen LogP contribution in [0.25, 0.3) is 16.2 Å². The highest BCUT2D eigenvalue weighted by Crippen LogP contribution is 2.36. The number of nitrogens with two attached hydrogens (primary N) is 1. The molecule has 156 valence electrons. The van der Waals surface area contributed by atoms with E-state index in [-0.39, 0.29) is 12.2 Å². The number of aliphatic hydroxyl groups excluding tert-OH is 1. The molecule has 4 rings (SSSR count). The molecule has 10 heteroatoms. The highest BCUT2D eigenvalue weighted by Gasteiger charge is 2.31. The topological polar surface area (TPSA) is 88.9 Å². The molecule has 0 spiro atoms. The van der Waals surface area contributed by atoms with Gasteiger partial charge in [0.05, 0.1) is 25.6 Å². The largest absolute Gasteiger partial charge is 0.496 e. The number of imidazole rings is 1. The van der Waals surface area contributed by atoms with E-state index in [0.717, 1.165) is 10.1 Å². The van der Waals surface area contributed by atoms with Crippen LogP contribution in [-0.4, -0.2) is 58.7 Å². The van der Waals surface area contributed by atoms with Gasteiger partial charge in [-0.15, -0.1) is 5.10 Å². The average Bonchev–Trinajstić information content (AvgIpc) is 3.34. The van der Waals surface area contributed by atoms with Gasteiger partial charge in [0.15, 0.2) is 6.17 Å². The molecular weight excluding hydrogens is 400 g/mol. The van der Waals surface area contributed by atoms with Crippen molar-refractivity contribution in [3.8, 4) is 17.0 Å². The van der Waals surface area contributed by atoms with Gasteiger partial charge in [0.1, 0.15) is 12.4 Å². The first-order valence-corrected chi connectivity index (χ1v) is 10.2. The molecule has 3 N–H and O–H groups in total. The number of methoxy groups -OCH3 is 1. The lowest BCUT2D eigenvalue weighted by Crippen LogP contribution is -2.52. The monoisotopic (exact) mass is 423 g/mol. The van der Waals surface area contributed by atoms with Crippen LogP contribution in [-0.2, 0) is 0 Å².